The highest BCUT2D eigenvalue weighted by molar-refractivity contribution is 6.14. The SMILES string of the molecule is Cc1cc(-c2cc(-n3c4ccccc4c4ccc(-n5c6ccccc6c6ccccc65)cc43)c(C#N)cc2-n2c3ccccc3c3ccc(-n4c5ccccc5c5ccccc54)cc32)cc(C(F)(F)F)c1. The van der Waals surface area contributed by atoms with Gasteiger partial charge >= 0.3 is 6.18 Å². The Morgan fingerprint density at radius 3 is 1.13 bits per heavy atom. The molecule has 0 aliphatic heterocycles. The van der Waals surface area contributed by atoms with Gasteiger partial charge in [-0.15, -0.1) is 0 Å². The van der Waals surface area contributed by atoms with Gasteiger partial charge in [-0.05, 0) is 103 Å². The standard InChI is InChI=1S/C63H38F3N5/c1-38-30-39(32-41(31-38)63(64,65)66)52-36-59(70-57-24-12-6-18-48(57)50-28-26-42(34-61(50)70)68-53-20-8-2-14-44(53)45-15-3-9-21-54(45)68)40(37-67)33-60(52)71-58-25-13-7-19-49(58)51-29-27-43(35-62(51)71)69-55-22-10-4-16-46(55)47-17-5-11-23-56(47)69/h2-36H,1H3. The Morgan fingerprint density at radius 1 is 0.366 bits per heavy atom. The molecule has 0 amide bonds. The van der Waals surface area contributed by atoms with E-state index in [0.29, 0.717) is 33.6 Å². The molecule has 336 valence electrons. The van der Waals surface area contributed by atoms with Crippen molar-refractivity contribution in [1.29, 1.82) is 5.26 Å². The Labute approximate surface area is 404 Å². The molecule has 14 rings (SSSR count). The summed E-state index contributed by atoms with van der Waals surface area (Å²) in [5, 5.41) is 19.9. The minimum atomic E-state index is -4.60. The summed E-state index contributed by atoms with van der Waals surface area (Å²) in [6.07, 6.45) is -4.60. The van der Waals surface area contributed by atoms with Crippen LogP contribution in [0.2, 0.25) is 0 Å². The number of hydrogen-bond acceptors (Lipinski definition) is 1. The lowest BCUT2D eigenvalue weighted by atomic mass is 9.96. The molecule has 4 aromatic heterocycles. The largest absolute Gasteiger partial charge is 0.416 e. The first-order chi connectivity index (χ1) is 34.7. The fourth-order valence-electron chi connectivity index (χ4n) is 11.5. The number of rotatable bonds is 5. The highest BCUT2D eigenvalue weighted by atomic mass is 19.4. The van der Waals surface area contributed by atoms with Gasteiger partial charge in [-0.2, -0.15) is 18.4 Å². The predicted octanol–water partition coefficient (Wildman–Crippen LogP) is 16.9. The second-order valence-electron chi connectivity index (χ2n) is 18.4. The number of alkyl halides is 3. The Balaban J connectivity index is 1.09. The molecule has 10 aromatic carbocycles. The third-order valence-electron chi connectivity index (χ3n) is 14.4. The van der Waals surface area contributed by atoms with E-state index in [2.05, 4.69) is 146 Å². The topological polar surface area (TPSA) is 43.5 Å². The molecule has 0 fully saturated rings. The van der Waals surface area contributed by atoms with E-state index >= 15 is 0 Å². The van der Waals surface area contributed by atoms with E-state index in [4.69, 9.17) is 0 Å². The molecule has 0 saturated carbocycles. The van der Waals surface area contributed by atoms with Crippen molar-refractivity contribution in [3.63, 3.8) is 0 Å². The van der Waals surface area contributed by atoms with Crippen molar-refractivity contribution < 1.29 is 13.2 Å². The Hall–Kier alpha value is -9.32. The highest BCUT2D eigenvalue weighted by Gasteiger charge is 2.32. The minimum Gasteiger partial charge on any atom is -0.309 e. The van der Waals surface area contributed by atoms with Gasteiger partial charge in [0.05, 0.1) is 66.6 Å². The van der Waals surface area contributed by atoms with Crippen molar-refractivity contribution in [3.8, 4) is 39.9 Å². The second-order valence-corrected chi connectivity index (χ2v) is 18.4. The summed E-state index contributed by atoms with van der Waals surface area (Å²) >= 11 is 0. The van der Waals surface area contributed by atoms with Crippen LogP contribution in [0.3, 0.4) is 0 Å². The van der Waals surface area contributed by atoms with Crippen LogP contribution in [0.25, 0.3) is 121 Å². The summed E-state index contributed by atoms with van der Waals surface area (Å²) in [6.45, 7) is 1.70. The Kier molecular flexibility index (Phi) is 8.65. The van der Waals surface area contributed by atoms with Gasteiger partial charge in [-0.1, -0.05) is 127 Å². The van der Waals surface area contributed by atoms with Gasteiger partial charge in [0, 0.05) is 60.0 Å². The number of nitriles is 1. The molecule has 0 aliphatic carbocycles. The van der Waals surface area contributed by atoms with Crippen molar-refractivity contribution in [3.05, 3.63) is 229 Å². The van der Waals surface area contributed by atoms with Gasteiger partial charge in [0.15, 0.2) is 0 Å². The first-order valence-electron chi connectivity index (χ1n) is 23.6. The molecule has 0 spiro atoms. The van der Waals surface area contributed by atoms with Crippen LogP contribution in [-0.2, 0) is 6.18 Å². The van der Waals surface area contributed by atoms with Crippen LogP contribution in [0, 0.1) is 18.3 Å². The molecule has 0 N–H and O–H groups in total. The number of nitrogens with zero attached hydrogens (tertiary/aromatic N) is 5. The summed E-state index contributed by atoms with van der Waals surface area (Å²) in [4.78, 5) is 0. The highest BCUT2D eigenvalue weighted by Crippen LogP contribution is 2.44. The Bertz CT molecular complexity index is 4500. The molecule has 14 aromatic rings. The van der Waals surface area contributed by atoms with Crippen LogP contribution in [0.5, 0.6) is 0 Å². The lowest BCUT2D eigenvalue weighted by molar-refractivity contribution is -0.137. The van der Waals surface area contributed by atoms with Gasteiger partial charge < -0.3 is 18.3 Å². The third-order valence-corrected chi connectivity index (χ3v) is 14.4. The summed E-state index contributed by atoms with van der Waals surface area (Å²) < 4.78 is 53.5. The minimum absolute atomic E-state index is 0.363. The number of para-hydroxylation sites is 6. The summed E-state index contributed by atoms with van der Waals surface area (Å²) in [5.41, 5.74) is 11.7. The van der Waals surface area contributed by atoms with Crippen molar-refractivity contribution >= 4 is 87.2 Å². The van der Waals surface area contributed by atoms with E-state index in [1.54, 1.807) is 6.92 Å². The number of hydrogen-bond donors (Lipinski definition) is 0. The van der Waals surface area contributed by atoms with E-state index in [1.165, 1.54) is 12.1 Å². The van der Waals surface area contributed by atoms with E-state index < -0.39 is 11.7 Å². The molecule has 0 unspecified atom stereocenters. The third kappa shape index (κ3) is 6.00. The maximum atomic E-state index is 14.9. The van der Waals surface area contributed by atoms with Gasteiger partial charge in [0.1, 0.15) is 6.07 Å². The van der Waals surface area contributed by atoms with E-state index in [-0.39, 0.29) is 0 Å². The molecule has 0 saturated heterocycles. The van der Waals surface area contributed by atoms with Crippen LogP contribution < -0.4 is 0 Å². The zero-order chi connectivity index (χ0) is 47.7. The molecule has 0 aliphatic rings. The monoisotopic (exact) mass is 921 g/mol. The normalized spacial score (nSPS) is 12.2. The molecule has 5 nitrogen and oxygen atoms in total. The summed E-state index contributed by atoms with van der Waals surface area (Å²) in [7, 11) is 0. The van der Waals surface area contributed by atoms with Crippen molar-refractivity contribution in [2.24, 2.45) is 0 Å². The van der Waals surface area contributed by atoms with Crippen LogP contribution in [0.1, 0.15) is 16.7 Å². The first-order valence-corrected chi connectivity index (χ1v) is 23.6. The molecule has 4 heterocycles. The first kappa shape index (κ1) is 40.7. The number of fused-ring (bicyclic) bond motifs is 12. The molecular formula is C63H38F3N5. The second kappa shape index (κ2) is 15.1. The average Bonchev–Trinajstić information content (AvgIpc) is 4.12. The molecule has 0 atom stereocenters. The van der Waals surface area contributed by atoms with Crippen LogP contribution in [-0.4, -0.2) is 18.3 Å². The summed E-state index contributed by atoms with van der Waals surface area (Å²) in [6, 6.07) is 73.2. The molecule has 71 heavy (non-hydrogen) atoms. The maximum absolute atomic E-state index is 14.9. The van der Waals surface area contributed by atoms with Crippen LogP contribution >= 0.6 is 0 Å². The fraction of sp³-hybridized carbons (Fsp3) is 0.0317. The number of aryl methyl sites for hydroxylation is 1. The van der Waals surface area contributed by atoms with Crippen LogP contribution in [0.4, 0.5) is 13.2 Å². The predicted molar refractivity (Wildman–Crippen MR) is 284 cm³/mol. The quantitative estimate of drug-likeness (QED) is 0.170. The smallest absolute Gasteiger partial charge is 0.309 e. The van der Waals surface area contributed by atoms with Gasteiger partial charge in [-0.25, -0.2) is 0 Å². The van der Waals surface area contributed by atoms with E-state index in [0.717, 1.165) is 98.6 Å². The van der Waals surface area contributed by atoms with Gasteiger partial charge in [0.25, 0.3) is 0 Å². The van der Waals surface area contributed by atoms with Crippen molar-refractivity contribution in [1.82, 2.24) is 18.3 Å². The fourth-order valence-corrected chi connectivity index (χ4v) is 11.5. The molecular weight excluding hydrogens is 884 g/mol. The molecule has 0 radical (unpaired) electrons. The van der Waals surface area contributed by atoms with E-state index in [1.807, 2.05) is 78.9 Å². The number of benzene rings is 10. The van der Waals surface area contributed by atoms with Gasteiger partial charge in [-0.3, -0.25) is 0 Å². The average molecular weight is 922 g/mol. The zero-order valence-electron chi connectivity index (χ0n) is 38.1. The number of halogens is 3. The number of aromatic nitrogens is 4. The lowest BCUT2D eigenvalue weighted by Gasteiger charge is -2.20. The maximum Gasteiger partial charge on any atom is 0.416 e. The van der Waals surface area contributed by atoms with Crippen LogP contribution in [0.15, 0.2) is 212 Å². The van der Waals surface area contributed by atoms with Crippen molar-refractivity contribution in [2.75, 3.05) is 0 Å². The van der Waals surface area contributed by atoms with E-state index in [9.17, 15) is 18.4 Å². The van der Waals surface area contributed by atoms with Gasteiger partial charge in [0.2, 0.25) is 0 Å². The zero-order valence-corrected chi connectivity index (χ0v) is 38.1. The molecule has 0 bridgehead atoms. The van der Waals surface area contributed by atoms with Crippen molar-refractivity contribution in [2.45, 2.75) is 13.1 Å². The molecule has 8 heteroatoms. The summed E-state index contributed by atoms with van der Waals surface area (Å²) in [5.74, 6) is 0. The lowest BCUT2D eigenvalue weighted by Crippen LogP contribution is -2.07. The Morgan fingerprint density at radius 2 is 0.732 bits per heavy atom.